The van der Waals surface area contributed by atoms with E-state index in [0.29, 0.717) is 23.5 Å². The Labute approximate surface area is 201 Å². The van der Waals surface area contributed by atoms with E-state index in [2.05, 4.69) is 28.8 Å². The Kier molecular flexibility index (Phi) is 5.94. The molecule has 2 bridgehead atoms. The number of hydrogen-bond donors (Lipinski definition) is 1. The SMILES string of the molecule is CC1(C)Cc2cc(-c3ccc(OC(F)(F)F)c(F)c3)ccc2C1NC(=O)O[C@H]1CN2CCC1CC2. The zero-order chi connectivity index (χ0) is 25.0. The van der Waals surface area contributed by atoms with Gasteiger partial charge in [-0.1, -0.05) is 38.1 Å². The van der Waals surface area contributed by atoms with Gasteiger partial charge in [0.1, 0.15) is 6.10 Å². The summed E-state index contributed by atoms with van der Waals surface area (Å²) in [5.41, 5.74) is 2.80. The molecular weight excluding hydrogens is 464 g/mol. The molecule has 1 unspecified atom stereocenters. The number of carbonyl (C=O) groups is 1. The van der Waals surface area contributed by atoms with E-state index in [1.807, 2.05) is 12.1 Å². The van der Waals surface area contributed by atoms with Gasteiger partial charge in [0.2, 0.25) is 0 Å². The highest BCUT2D eigenvalue weighted by molar-refractivity contribution is 5.70. The summed E-state index contributed by atoms with van der Waals surface area (Å²) in [6, 6.07) is 8.72. The number of alkyl carbamates (subject to hydrolysis) is 1. The van der Waals surface area contributed by atoms with E-state index in [0.717, 1.165) is 55.7 Å². The highest BCUT2D eigenvalue weighted by atomic mass is 19.4. The largest absolute Gasteiger partial charge is 0.573 e. The molecule has 2 atom stereocenters. The fraction of sp³-hybridized carbons (Fsp3) is 0.500. The van der Waals surface area contributed by atoms with E-state index in [4.69, 9.17) is 4.74 Å². The molecule has 5 nitrogen and oxygen atoms in total. The van der Waals surface area contributed by atoms with Crippen LogP contribution in [0.25, 0.3) is 11.1 Å². The maximum absolute atomic E-state index is 14.2. The van der Waals surface area contributed by atoms with Crippen molar-refractivity contribution in [2.24, 2.45) is 11.3 Å². The van der Waals surface area contributed by atoms with Crippen LogP contribution in [0.3, 0.4) is 0 Å². The second kappa shape index (κ2) is 8.69. The van der Waals surface area contributed by atoms with E-state index in [9.17, 15) is 22.4 Å². The van der Waals surface area contributed by atoms with Gasteiger partial charge in [0.05, 0.1) is 6.04 Å². The lowest BCUT2D eigenvalue weighted by Crippen LogP contribution is -2.53. The first kappa shape index (κ1) is 23.9. The van der Waals surface area contributed by atoms with E-state index in [-0.39, 0.29) is 17.6 Å². The van der Waals surface area contributed by atoms with Crippen molar-refractivity contribution >= 4 is 6.09 Å². The number of fused-ring (bicyclic) bond motifs is 4. The molecule has 1 N–H and O–H groups in total. The number of amides is 1. The molecule has 3 aliphatic heterocycles. The van der Waals surface area contributed by atoms with E-state index >= 15 is 0 Å². The second-order valence-corrected chi connectivity index (χ2v) is 10.4. The fourth-order valence-corrected chi connectivity index (χ4v) is 5.73. The molecule has 35 heavy (non-hydrogen) atoms. The molecule has 0 spiro atoms. The molecule has 3 saturated heterocycles. The van der Waals surface area contributed by atoms with Gasteiger partial charge in [-0.25, -0.2) is 9.18 Å². The molecule has 4 aliphatic rings. The van der Waals surface area contributed by atoms with Crippen LogP contribution < -0.4 is 10.1 Å². The number of piperidine rings is 3. The van der Waals surface area contributed by atoms with Crippen LogP contribution in [0.1, 0.15) is 43.9 Å². The molecule has 0 radical (unpaired) electrons. The lowest BCUT2D eigenvalue weighted by Gasteiger charge is -2.44. The third-order valence-electron chi connectivity index (χ3n) is 7.49. The van der Waals surface area contributed by atoms with Crippen LogP contribution in [0.15, 0.2) is 36.4 Å². The van der Waals surface area contributed by atoms with Crippen molar-refractivity contribution in [1.82, 2.24) is 10.2 Å². The van der Waals surface area contributed by atoms with Gasteiger partial charge in [-0.3, -0.25) is 4.90 Å². The van der Waals surface area contributed by atoms with Gasteiger partial charge in [-0.05, 0) is 78.1 Å². The van der Waals surface area contributed by atoms with E-state index in [1.54, 1.807) is 6.07 Å². The quantitative estimate of drug-likeness (QED) is 0.546. The Morgan fingerprint density at radius 3 is 2.40 bits per heavy atom. The first-order valence-corrected chi connectivity index (χ1v) is 11.9. The zero-order valence-electron chi connectivity index (χ0n) is 19.6. The van der Waals surface area contributed by atoms with Crippen molar-refractivity contribution in [3.63, 3.8) is 0 Å². The molecule has 0 saturated carbocycles. The van der Waals surface area contributed by atoms with E-state index in [1.165, 1.54) is 6.07 Å². The number of alkyl halides is 3. The standard InChI is InChI=1S/C26H28F4N2O3/c1-25(2)13-18-11-16(17-4-6-21(20(27)12-17)35-26(28,29)30)3-5-19(18)23(25)31-24(33)34-22-14-32-9-7-15(22)8-10-32/h3-6,11-12,15,22-23H,7-10,13-14H2,1-2H3,(H,31,33)/t22-,23?/m0/s1. The second-order valence-electron chi connectivity index (χ2n) is 10.4. The average Bonchev–Trinajstić information content (AvgIpc) is 3.03. The monoisotopic (exact) mass is 492 g/mol. The molecule has 2 aromatic rings. The Balaban J connectivity index is 1.31. The van der Waals surface area contributed by atoms with Crippen molar-refractivity contribution in [2.75, 3.05) is 19.6 Å². The van der Waals surface area contributed by atoms with Gasteiger partial charge < -0.3 is 14.8 Å². The molecule has 2 aromatic carbocycles. The summed E-state index contributed by atoms with van der Waals surface area (Å²) < 4.78 is 61.1. The van der Waals surface area contributed by atoms with Gasteiger partial charge in [-0.2, -0.15) is 0 Å². The minimum atomic E-state index is -4.96. The minimum absolute atomic E-state index is 0.0805. The molecule has 6 rings (SSSR count). The Morgan fingerprint density at radius 1 is 1.09 bits per heavy atom. The predicted molar refractivity (Wildman–Crippen MR) is 121 cm³/mol. The summed E-state index contributed by atoms with van der Waals surface area (Å²) in [5.74, 6) is -1.53. The number of nitrogens with one attached hydrogen (secondary N) is 1. The van der Waals surface area contributed by atoms with Crippen molar-refractivity contribution in [3.8, 4) is 16.9 Å². The summed E-state index contributed by atoms with van der Waals surface area (Å²) in [6.45, 7) is 7.05. The maximum atomic E-state index is 14.2. The first-order valence-electron chi connectivity index (χ1n) is 11.9. The highest BCUT2D eigenvalue weighted by Crippen LogP contribution is 2.46. The van der Waals surface area contributed by atoms with Crippen LogP contribution in [0, 0.1) is 17.2 Å². The minimum Gasteiger partial charge on any atom is -0.445 e. The molecule has 1 amide bonds. The van der Waals surface area contributed by atoms with E-state index < -0.39 is 24.0 Å². The third-order valence-corrected chi connectivity index (χ3v) is 7.49. The van der Waals surface area contributed by atoms with Crippen LogP contribution in [0.2, 0.25) is 0 Å². The smallest absolute Gasteiger partial charge is 0.445 e. The number of hydrogen-bond acceptors (Lipinski definition) is 4. The Hall–Kier alpha value is -2.81. The Bertz CT molecular complexity index is 1130. The van der Waals surface area contributed by atoms with Gasteiger partial charge >= 0.3 is 12.5 Å². The van der Waals surface area contributed by atoms with Gasteiger partial charge in [0.15, 0.2) is 11.6 Å². The molecule has 3 fully saturated rings. The van der Waals surface area contributed by atoms with Gasteiger partial charge in [0.25, 0.3) is 0 Å². The number of carbonyl (C=O) groups excluding carboxylic acids is 1. The zero-order valence-corrected chi connectivity index (χ0v) is 19.6. The fourth-order valence-electron chi connectivity index (χ4n) is 5.73. The summed E-state index contributed by atoms with van der Waals surface area (Å²) in [6.07, 6.45) is -2.66. The number of nitrogens with zero attached hydrogens (tertiary/aromatic N) is 1. The summed E-state index contributed by atoms with van der Waals surface area (Å²) in [5, 5.41) is 3.07. The normalized spacial score (nSPS) is 26.8. The Morgan fingerprint density at radius 2 is 1.77 bits per heavy atom. The average molecular weight is 493 g/mol. The summed E-state index contributed by atoms with van der Waals surface area (Å²) in [7, 11) is 0. The molecule has 9 heteroatoms. The first-order chi connectivity index (χ1) is 16.5. The lowest BCUT2D eigenvalue weighted by atomic mass is 9.85. The van der Waals surface area contributed by atoms with Gasteiger partial charge in [-0.15, -0.1) is 13.2 Å². The molecule has 1 aliphatic carbocycles. The third kappa shape index (κ3) is 4.96. The molecular formula is C26H28F4N2O3. The van der Waals surface area contributed by atoms with Crippen molar-refractivity contribution in [3.05, 3.63) is 53.3 Å². The van der Waals surface area contributed by atoms with Crippen LogP contribution in [-0.4, -0.2) is 43.1 Å². The maximum Gasteiger partial charge on any atom is 0.573 e. The van der Waals surface area contributed by atoms with Crippen molar-refractivity contribution < 1.29 is 31.8 Å². The highest BCUT2D eigenvalue weighted by Gasteiger charge is 2.42. The molecule has 3 heterocycles. The number of benzene rings is 2. The van der Waals surface area contributed by atoms with Crippen molar-refractivity contribution in [2.45, 2.75) is 51.6 Å². The van der Waals surface area contributed by atoms with Crippen LogP contribution >= 0.6 is 0 Å². The molecule has 188 valence electrons. The number of halogens is 4. The van der Waals surface area contributed by atoms with Crippen LogP contribution in [-0.2, 0) is 11.2 Å². The summed E-state index contributed by atoms with van der Waals surface area (Å²) in [4.78, 5) is 15.1. The summed E-state index contributed by atoms with van der Waals surface area (Å²) >= 11 is 0. The topological polar surface area (TPSA) is 50.8 Å². The number of rotatable bonds is 4. The predicted octanol–water partition coefficient (Wildman–Crippen LogP) is 5.84. The van der Waals surface area contributed by atoms with Crippen LogP contribution in [0.5, 0.6) is 5.75 Å². The van der Waals surface area contributed by atoms with Crippen molar-refractivity contribution in [1.29, 1.82) is 0 Å². The van der Waals surface area contributed by atoms with Gasteiger partial charge in [0, 0.05) is 6.54 Å². The molecule has 0 aromatic heterocycles. The lowest BCUT2D eigenvalue weighted by molar-refractivity contribution is -0.275. The van der Waals surface area contributed by atoms with Crippen LogP contribution in [0.4, 0.5) is 22.4 Å². The number of ether oxygens (including phenoxy) is 2.